The van der Waals surface area contributed by atoms with Gasteiger partial charge in [0.15, 0.2) is 0 Å². The monoisotopic (exact) mass is 336 g/mol. The summed E-state index contributed by atoms with van der Waals surface area (Å²) in [5.41, 5.74) is 1.70. The highest BCUT2D eigenvalue weighted by atomic mass is 32.2. The second-order valence-electron chi connectivity index (χ2n) is 4.84. The molecule has 0 aromatic heterocycles. The second-order valence-corrected chi connectivity index (χ2v) is 6.43. The first-order valence-corrected chi connectivity index (χ1v) is 8.51. The fraction of sp³-hybridized carbons (Fsp3) is 0.250. The van der Waals surface area contributed by atoms with E-state index >= 15 is 0 Å². The zero-order valence-corrected chi connectivity index (χ0v) is 13.9. The minimum Gasteiger partial charge on any atom is -0.497 e. The lowest BCUT2D eigenvalue weighted by Gasteiger charge is -2.09. The van der Waals surface area contributed by atoms with E-state index in [1.807, 2.05) is 24.3 Å². The molecule has 0 radical (unpaired) electrons. The van der Waals surface area contributed by atoms with E-state index in [-0.39, 0.29) is 13.1 Å². The van der Waals surface area contributed by atoms with Crippen LogP contribution < -0.4 is 18.9 Å². The smallest absolute Gasteiger partial charge is 0.277 e. The van der Waals surface area contributed by atoms with Crippen molar-refractivity contribution in [3.8, 4) is 11.5 Å². The Balaban J connectivity index is 1.85. The molecule has 0 bridgehead atoms. The van der Waals surface area contributed by atoms with Crippen molar-refractivity contribution >= 4 is 10.2 Å². The molecule has 2 aromatic rings. The zero-order chi connectivity index (χ0) is 16.7. The van der Waals surface area contributed by atoms with Crippen LogP contribution in [-0.4, -0.2) is 22.6 Å². The van der Waals surface area contributed by atoms with Gasteiger partial charge in [0.1, 0.15) is 11.5 Å². The molecule has 0 heterocycles. The SMILES string of the molecule is COc1ccc(CNS(=O)(=O)NCc2ccc(OC)cc2)cc1. The number of methoxy groups -OCH3 is 2. The van der Waals surface area contributed by atoms with Gasteiger partial charge in [0, 0.05) is 13.1 Å². The lowest BCUT2D eigenvalue weighted by atomic mass is 10.2. The zero-order valence-electron chi connectivity index (χ0n) is 13.1. The number of benzene rings is 2. The molecular weight excluding hydrogens is 316 g/mol. The number of nitrogens with one attached hydrogen (secondary N) is 2. The molecular formula is C16H20N2O4S. The largest absolute Gasteiger partial charge is 0.497 e. The molecule has 0 amide bonds. The fourth-order valence-corrected chi connectivity index (χ4v) is 2.71. The molecule has 2 aromatic carbocycles. The van der Waals surface area contributed by atoms with Gasteiger partial charge in [0.05, 0.1) is 14.2 Å². The highest BCUT2D eigenvalue weighted by Gasteiger charge is 2.09. The molecule has 0 unspecified atom stereocenters. The molecule has 2 N–H and O–H groups in total. The normalized spacial score (nSPS) is 11.2. The van der Waals surface area contributed by atoms with Gasteiger partial charge < -0.3 is 9.47 Å². The third kappa shape index (κ3) is 5.55. The molecule has 2 rings (SSSR count). The molecule has 0 aliphatic rings. The molecule has 0 fully saturated rings. The Morgan fingerprint density at radius 1 is 0.739 bits per heavy atom. The van der Waals surface area contributed by atoms with Crippen LogP contribution in [0.15, 0.2) is 48.5 Å². The van der Waals surface area contributed by atoms with Gasteiger partial charge in [0.25, 0.3) is 10.2 Å². The maximum Gasteiger partial charge on any atom is 0.277 e. The molecule has 0 atom stereocenters. The van der Waals surface area contributed by atoms with Crippen molar-refractivity contribution in [3.05, 3.63) is 59.7 Å². The van der Waals surface area contributed by atoms with E-state index in [4.69, 9.17) is 9.47 Å². The standard InChI is InChI=1S/C16H20N2O4S/c1-21-15-7-3-13(4-8-15)11-17-23(19,20)18-12-14-5-9-16(22-2)10-6-14/h3-10,17-18H,11-12H2,1-2H3. The summed E-state index contributed by atoms with van der Waals surface area (Å²) in [4.78, 5) is 0. The van der Waals surface area contributed by atoms with Crippen LogP contribution in [-0.2, 0) is 23.3 Å². The average molecular weight is 336 g/mol. The van der Waals surface area contributed by atoms with Gasteiger partial charge in [-0.25, -0.2) is 0 Å². The summed E-state index contributed by atoms with van der Waals surface area (Å²) in [6.45, 7) is 0.421. The second kappa shape index (κ2) is 7.96. The van der Waals surface area contributed by atoms with E-state index in [0.29, 0.717) is 0 Å². The first-order valence-electron chi connectivity index (χ1n) is 7.02. The van der Waals surface area contributed by atoms with Crippen molar-refractivity contribution in [3.63, 3.8) is 0 Å². The number of ether oxygens (including phenoxy) is 2. The first-order chi connectivity index (χ1) is 11.0. The lowest BCUT2D eigenvalue weighted by molar-refractivity contribution is 0.414. The minimum absolute atomic E-state index is 0.210. The summed E-state index contributed by atoms with van der Waals surface area (Å²) in [6.07, 6.45) is 0. The van der Waals surface area contributed by atoms with Gasteiger partial charge in [-0.05, 0) is 35.4 Å². The van der Waals surface area contributed by atoms with Crippen LogP contribution in [0.1, 0.15) is 11.1 Å². The lowest BCUT2D eigenvalue weighted by Crippen LogP contribution is -2.35. The summed E-state index contributed by atoms with van der Waals surface area (Å²) in [5, 5.41) is 0. The molecule has 0 aliphatic carbocycles. The fourth-order valence-electron chi connectivity index (χ4n) is 1.89. The summed E-state index contributed by atoms with van der Waals surface area (Å²) in [5.74, 6) is 1.46. The highest BCUT2D eigenvalue weighted by Crippen LogP contribution is 2.12. The Bertz CT molecular complexity index is 655. The van der Waals surface area contributed by atoms with Crippen LogP contribution in [0.5, 0.6) is 11.5 Å². The van der Waals surface area contributed by atoms with Crippen LogP contribution >= 0.6 is 0 Å². The van der Waals surface area contributed by atoms with E-state index in [0.717, 1.165) is 22.6 Å². The molecule has 0 aliphatic heterocycles. The van der Waals surface area contributed by atoms with Crippen LogP contribution in [0, 0.1) is 0 Å². The van der Waals surface area contributed by atoms with Gasteiger partial charge in [-0.2, -0.15) is 17.9 Å². The third-order valence-corrected chi connectivity index (χ3v) is 4.30. The molecule has 23 heavy (non-hydrogen) atoms. The predicted molar refractivity (Wildman–Crippen MR) is 88.6 cm³/mol. The average Bonchev–Trinajstić information content (AvgIpc) is 2.59. The Morgan fingerprint density at radius 3 is 1.39 bits per heavy atom. The molecule has 0 saturated heterocycles. The van der Waals surface area contributed by atoms with E-state index < -0.39 is 10.2 Å². The first kappa shape index (κ1) is 17.3. The molecule has 0 spiro atoms. The van der Waals surface area contributed by atoms with Crippen molar-refractivity contribution in [1.29, 1.82) is 0 Å². The Hall–Kier alpha value is -2.09. The summed E-state index contributed by atoms with van der Waals surface area (Å²) in [6, 6.07) is 14.4. The van der Waals surface area contributed by atoms with Crippen molar-refractivity contribution in [1.82, 2.24) is 9.44 Å². The minimum atomic E-state index is -3.57. The van der Waals surface area contributed by atoms with E-state index in [9.17, 15) is 8.42 Å². The number of hydrogen-bond donors (Lipinski definition) is 2. The molecule has 7 heteroatoms. The summed E-state index contributed by atoms with van der Waals surface area (Å²) in [7, 11) is -0.404. The predicted octanol–water partition coefficient (Wildman–Crippen LogP) is 1.83. The molecule has 124 valence electrons. The van der Waals surface area contributed by atoms with Crippen LogP contribution in [0.25, 0.3) is 0 Å². The van der Waals surface area contributed by atoms with E-state index in [1.54, 1.807) is 38.5 Å². The maximum absolute atomic E-state index is 12.0. The van der Waals surface area contributed by atoms with Crippen molar-refractivity contribution in [2.45, 2.75) is 13.1 Å². The third-order valence-electron chi connectivity index (χ3n) is 3.25. The molecule has 6 nitrogen and oxygen atoms in total. The van der Waals surface area contributed by atoms with Crippen molar-refractivity contribution in [2.24, 2.45) is 0 Å². The Kier molecular flexibility index (Phi) is 5.97. The Labute approximate surface area is 136 Å². The summed E-state index contributed by atoms with van der Waals surface area (Å²) >= 11 is 0. The number of rotatable bonds is 8. The van der Waals surface area contributed by atoms with Crippen molar-refractivity contribution in [2.75, 3.05) is 14.2 Å². The van der Waals surface area contributed by atoms with Gasteiger partial charge >= 0.3 is 0 Å². The Morgan fingerprint density at radius 2 is 1.09 bits per heavy atom. The molecule has 0 saturated carbocycles. The van der Waals surface area contributed by atoms with Crippen LogP contribution in [0.3, 0.4) is 0 Å². The topological polar surface area (TPSA) is 76.7 Å². The van der Waals surface area contributed by atoms with Gasteiger partial charge in [-0.1, -0.05) is 24.3 Å². The van der Waals surface area contributed by atoms with Crippen molar-refractivity contribution < 1.29 is 17.9 Å². The van der Waals surface area contributed by atoms with E-state index in [1.165, 1.54) is 0 Å². The quantitative estimate of drug-likeness (QED) is 0.771. The van der Waals surface area contributed by atoms with Gasteiger partial charge in [-0.15, -0.1) is 0 Å². The van der Waals surface area contributed by atoms with Gasteiger partial charge in [-0.3, -0.25) is 0 Å². The summed E-state index contributed by atoms with van der Waals surface area (Å²) < 4.78 is 39.0. The maximum atomic E-state index is 12.0. The number of hydrogen-bond acceptors (Lipinski definition) is 4. The van der Waals surface area contributed by atoms with Gasteiger partial charge in [0.2, 0.25) is 0 Å². The van der Waals surface area contributed by atoms with Crippen LogP contribution in [0.4, 0.5) is 0 Å². The highest BCUT2D eigenvalue weighted by molar-refractivity contribution is 7.87. The van der Waals surface area contributed by atoms with Crippen LogP contribution in [0.2, 0.25) is 0 Å². The van der Waals surface area contributed by atoms with E-state index in [2.05, 4.69) is 9.44 Å².